The Kier molecular flexibility index (Phi) is 4.15. The van der Waals surface area contributed by atoms with E-state index in [9.17, 15) is 0 Å². The number of nitriles is 1. The summed E-state index contributed by atoms with van der Waals surface area (Å²) in [5, 5.41) is 8.80. The Balaban J connectivity index is 1.65. The molecular formula is C16H17N5O. The lowest BCUT2D eigenvalue weighted by Crippen LogP contribution is -2.41. The van der Waals surface area contributed by atoms with Gasteiger partial charge in [0.1, 0.15) is 17.9 Å². The van der Waals surface area contributed by atoms with Gasteiger partial charge < -0.3 is 9.64 Å². The summed E-state index contributed by atoms with van der Waals surface area (Å²) in [5.41, 5.74) is 2.46. The van der Waals surface area contributed by atoms with E-state index < -0.39 is 0 Å². The summed E-state index contributed by atoms with van der Waals surface area (Å²) in [5.74, 6) is 0. The second kappa shape index (κ2) is 6.39. The van der Waals surface area contributed by atoms with Crippen LogP contribution in [0.2, 0.25) is 0 Å². The van der Waals surface area contributed by atoms with E-state index >= 15 is 0 Å². The van der Waals surface area contributed by atoms with Crippen molar-refractivity contribution in [1.29, 1.82) is 5.26 Å². The van der Waals surface area contributed by atoms with E-state index in [1.165, 1.54) is 0 Å². The number of aromatic nitrogens is 3. The fourth-order valence-electron chi connectivity index (χ4n) is 2.50. The Hall–Kier alpha value is -2.68. The Labute approximate surface area is 129 Å². The Morgan fingerprint density at radius 1 is 1.23 bits per heavy atom. The number of hydrogen-bond acceptors (Lipinski definition) is 6. The first kappa shape index (κ1) is 14.3. The average molecular weight is 295 g/mol. The van der Waals surface area contributed by atoms with Gasteiger partial charge in [-0.3, -0.25) is 0 Å². The topological polar surface area (TPSA) is 74.9 Å². The molecule has 0 aliphatic carbocycles. The summed E-state index contributed by atoms with van der Waals surface area (Å²) in [6.07, 6.45) is 7.34. The van der Waals surface area contributed by atoms with Crippen molar-refractivity contribution < 1.29 is 4.74 Å². The molecule has 6 heteroatoms. The highest BCUT2D eigenvalue weighted by molar-refractivity contribution is 5.46. The zero-order valence-corrected chi connectivity index (χ0v) is 12.4. The molecule has 22 heavy (non-hydrogen) atoms. The lowest BCUT2D eigenvalue weighted by molar-refractivity contribution is 0.164. The van der Waals surface area contributed by atoms with Gasteiger partial charge in [-0.15, -0.1) is 0 Å². The van der Waals surface area contributed by atoms with Crippen LogP contribution in [0.4, 0.5) is 5.69 Å². The van der Waals surface area contributed by atoms with Crippen molar-refractivity contribution in [3.05, 3.63) is 42.0 Å². The zero-order chi connectivity index (χ0) is 15.4. The number of piperidine rings is 1. The van der Waals surface area contributed by atoms with Crippen molar-refractivity contribution in [1.82, 2.24) is 15.0 Å². The van der Waals surface area contributed by atoms with Gasteiger partial charge in [0.15, 0.2) is 0 Å². The molecule has 0 N–H and O–H groups in total. The third-order valence-corrected chi connectivity index (χ3v) is 3.64. The van der Waals surface area contributed by atoms with Crippen LogP contribution in [-0.2, 0) is 0 Å². The molecule has 0 amide bonds. The smallest absolute Gasteiger partial charge is 0.316 e. The lowest BCUT2D eigenvalue weighted by Gasteiger charge is -2.33. The number of hydrogen-bond donors (Lipinski definition) is 0. The SMILES string of the molecule is Cc1cnc(OC2CCCN(c3ccc(C#N)nc3)C2)nc1. The first-order chi connectivity index (χ1) is 10.7. The molecule has 112 valence electrons. The Morgan fingerprint density at radius 3 is 2.73 bits per heavy atom. The molecule has 0 saturated carbocycles. The molecule has 0 radical (unpaired) electrons. The first-order valence-electron chi connectivity index (χ1n) is 7.31. The monoisotopic (exact) mass is 295 g/mol. The molecule has 2 aromatic heterocycles. The van der Waals surface area contributed by atoms with Gasteiger partial charge in [0, 0.05) is 18.9 Å². The summed E-state index contributed by atoms with van der Waals surface area (Å²) in [4.78, 5) is 14.7. The number of rotatable bonds is 3. The van der Waals surface area contributed by atoms with Crippen molar-refractivity contribution in [3.63, 3.8) is 0 Å². The Bertz CT molecular complexity index is 662. The van der Waals surface area contributed by atoms with Gasteiger partial charge in [-0.1, -0.05) is 0 Å². The fraction of sp³-hybridized carbons (Fsp3) is 0.375. The maximum absolute atomic E-state index is 8.80. The molecule has 6 nitrogen and oxygen atoms in total. The van der Waals surface area contributed by atoms with E-state index in [2.05, 4.69) is 19.9 Å². The molecule has 0 spiro atoms. The second-order valence-electron chi connectivity index (χ2n) is 5.38. The van der Waals surface area contributed by atoms with Crippen LogP contribution in [-0.4, -0.2) is 34.1 Å². The van der Waals surface area contributed by atoms with Crippen LogP contribution in [0.1, 0.15) is 24.1 Å². The van der Waals surface area contributed by atoms with Gasteiger partial charge in [-0.2, -0.15) is 5.26 Å². The van der Waals surface area contributed by atoms with Gasteiger partial charge in [0.05, 0.1) is 18.4 Å². The predicted molar refractivity (Wildman–Crippen MR) is 81.6 cm³/mol. The van der Waals surface area contributed by atoms with E-state index in [0.29, 0.717) is 11.7 Å². The molecule has 1 saturated heterocycles. The molecule has 2 aromatic rings. The van der Waals surface area contributed by atoms with Crippen molar-refractivity contribution in [2.24, 2.45) is 0 Å². The number of aryl methyl sites for hydroxylation is 1. The zero-order valence-electron chi connectivity index (χ0n) is 12.4. The summed E-state index contributed by atoms with van der Waals surface area (Å²) < 4.78 is 5.87. The van der Waals surface area contributed by atoms with Crippen LogP contribution in [0.3, 0.4) is 0 Å². The third-order valence-electron chi connectivity index (χ3n) is 3.64. The summed E-state index contributed by atoms with van der Waals surface area (Å²) >= 11 is 0. The van der Waals surface area contributed by atoms with Crippen LogP contribution in [0, 0.1) is 18.3 Å². The largest absolute Gasteiger partial charge is 0.458 e. The minimum Gasteiger partial charge on any atom is -0.458 e. The van der Waals surface area contributed by atoms with Gasteiger partial charge in [0.25, 0.3) is 0 Å². The van der Waals surface area contributed by atoms with Crippen LogP contribution < -0.4 is 9.64 Å². The van der Waals surface area contributed by atoms with Crippen molar-refractivity contribution in [3.8, 4) is 12.1 Å². The van der Waals surface area contributed by atoms with Crippen LogP contribution in [0.25, 0.3) is 0 Å². The van der Waals surface area contributed by atoms with Crippen LogP contribution >= 0.6 is 0 Å². The highest BCUT2D eigenvalue weighted by Gasteiger charge is 2.22. The number of anilines is 1. The minimum atomic E-state index is 0.0621. The molecule has 1 aliphatic heterocycles. The van der Waals surface area contributed by atoms with Gasteiger partial charge in [-0.25, -0.2) is 15.0 Å². The van der Waals surface area contributed by atoms with Crippen molar-refractivity contribution in [2.75, 3.05) is 18.0 Å². The average Bonchev–Trinajstić information content (AvgIpc) is 2.57. The van der Waals surface area contributed by atoms with Crippen LogP contribution in [0.5, 0.6) is 6.01 Å². The normalized spacial score (nSPS) is 17.8. The molecule has 0 bridgehead atoms. The highest BCUT2D eigenvalue weighted by atomic mass is 16.5. The van der Waals surface area contributed by atoms with E-state index in [4.69, 9.17) is 10.00 Å². The highest BCUT2D eigenvalue weighted by Crippen LogP contribution is 2.21. The maximum atomic E-state index is 8.80. The summed E-state index contributed by atoms with van der Waals surface area (Å²) in [6, 6.07) is 6.12. The standard InChI is InChI=1S/C16H17N5O/c1-12-8-19-16(20-9-12)22-15-3-2-6-21(11-15)14-5-4-13(7-17)18-10-14/h4-5,8-10,15H,2-3,6,11H2,1H3. The molecule has 1 unspecified atom stereocenters. The molecule has 1 atom stereocenters. The number of ether oxygens (including phenoxy) is 1. The van der Waals surface area contributed by atoms with E-state index in [1.807, 2.05) is 19.1 Å². The van der Waals surface area contributed by atoms with E-state index in [1.54, 1.807) is 24.7 Å². The van der Waals surface area contributed by atoms with Crippen LogP contribution in [0.15, 0.2) is 30.7 Å². The van der Waals surface area contributed by atoms with Crippen molar-refractivity contribution >= 4 is 5.69 Å². The predicted octanol–water partition coefficient (Wildman–Crippen LogP) is 2.10. The second-order valence-corrected chi connectivity index (χ2v) is 5.38. The Morgan fingerprint density at radius 2 is 2.05 bits per heavy atom. The third kappa shape index (κ3) is 3.31. The fourth-order valence-corrected chi connectivity index (χ4v) is 2.50. The lowest BCUT2D eigenvalue weighted by atomic mass is 10.1. The molecule has 3 heterocycles. The molecule has 1 aliphatic rings. The molecular weight excluding hydrogens is 278 g/mol. The molecule has 0 aromatic carbocycles. The van der Waals surface area contributed by atoms with E-state index in [-0.39, 0.29) is 6.10 Å². The molecule has 3 rings (SSSR count). The van der Waals surface area contributed by atoms with Gasteiger partial charge in [0.2, 0.25) is 0 Å². The first-order valence-corrected chi connectivity index (χ1v) is 7.31. The maximum Gasteiger partial charge on any atom is 0.316 e. The van der Waals surface area contributed by atoms with Gasteiger partial charge >= 0.3 is 6.01 Å². The molecule has 1 fully saturated rings. The quantitative estimate of drug-likeness (QED) is 0.863. The summed E-state index contributed by atoms with van der Waals surface area (Å²) in [6.45, 7) is 3.68. The minimum absolute atomic E-state index is 0.0621. The number of nitrogens with zero attached hydrogens (tertiary/aromatic N) is 5. The number of pyridine rings is 1. The van der Waals surface area contributed by atoms with Gasteiger partial charge in [-0.05, 0) is 37.5 Å². The van der Waals surface area contributed by atoms with Crippen molar-refractivity contribution in [2.45, 2.75) is 25.9 Å². The summed E-state index contributed by atoms with van der Waals surface area (Å²) in [7, 11) is 0. The van der Waals surface area contributed by atoms with E-state index in [0.717, 1.165) is 37.2 Å².